The minimum absolute atomic E-state index is 0.0551. The summed E-state index contributed by atoms with van der Waals surface area (Å²) in [5, 5.41) is 2.98. The minimum Gasteiger partial charge on any atom is -0.332 e. The second-order valence-corrected chi connectivity index (χ2v) is 8.52. The molecule has 0 radical (unpaired) electrons. The molecule has 0 fully saturated rings. The molecule has 3 aromatic rings. The van der Waals surface area contributed by atoms with Gasteiger partial charge in [-0.1, -0.05) is 38.1 Å². The summed E-state index contributed by atoms with van der Waals surface area (Å²) < 4.78 is 14.4. The van der Waals surface area contributed by atoms with E-state index in [0.717, 1.165) is 20.8 Å². The summed E-state index contributed by atoms with van der Waals surface area (Å²) in [5.41, 5.74) is 2.00. The van der Waals surface area contributed by atoms with Gasteiger partial charge >= 0.3 is 0 Å². The standard InChI is InChI=1S/C22H26FN3OS/c1-14(2)21(16-9-11-17(23)12-10-16)24-13-20(27)26(4)15(3)22-25-18-7-5-6-8-19(18)28-22/h5-12,14-15,21,24H,13H2,1-4H3/p+1/t15-,21+/m0/s1. The molecule has 0 saturated carbocycles. The van der Waals surface area contributed by atoms with Crippen molar-refractivity contribution in [1.82, 2.24) is 9.88 Å². The van der Waals surface area contributed by atoms with E-state index >= 15 is 0 Å². The molecule has 1 amide bonds. The maximum absolute atomic E-state index is 13.2. The number of hydrogen-bond acceptors (Lipinski definition) is 3. The number of quaternary nitrogens is 1. The predicted molar refractivity (Wildman–Crippen MR) is 112 cm³/mol. The molecule has 0 saturated heterocycles. The molecule has 28 heavy (non-hydrogen) atoms. The Hall–Kier alpha value is -2.31. The van der Waals surface area contributed by atoms with Crippen LogP contribution in [0.2, 0.25) is 0 Å². The van der Waals surface area contributed by atoms with E-state index in [2.05, 4.69) is 24.9 Å². The Morgan fingerprint density at radius 2 is 1.82 bits per heavy atom. The average molecular weight is 401 g/mol. The zero-order chi connectivity index (χ0) is 20.3. The van der Waals surface area contributed by atoms with E-state index in [1.807, 2.05) is 37.5 Å². The van der Waals surface area contributed by atoms with Gasteiger partial charge in [0.15, 0.2) is 6.54 Å². The molecule has 0 aliphatic rings. The van der Waals surface area contributed by atoms with Crippen LogP contribution in [0.25, 0.3) is 10.2 Å². The van der Waals surface area contributed by atoms with E-state index in [-0.39, 0.29) is 23.8 Å². The Labute approximate surface area is 169 Å². The lowest BCUT2D eigenvalue weighted by atomic mass is 9.96. The van der Waals surface area contributed by atoms with Crippen LogP contribution in [0.1, 0.15) is 43.4 Å². The maximum Gasteiger partial charge on any atom is 0.278 e. The molecule has 2 N–H and O–H groups in total. The summed E-state index contributed by atoms with van der Waals surface area (Å²) in [4.78, 5) is 19.2. The fraction of sp³-hybridized carbons (Fsp3) is 0.364. The van der Waals surface area contributed by atoms with Crippen LogP contribution in [-0.4, -0.2) is 29.4 Å². The van der Waals surface area contributed by atoms with Crippen LogP contribution in [0, 0.1) is 11.7 Å². The third kappa shape index (κ3) is 4.56. The van der Waals surface area contributed by atoms with Crippen LogP contribution in [0.4, 0.5) is 4.39 Å². The molecular weight excluding hydrogens is 373 g/mol. The largest absolute Gasteiger partial charge is 0.332 e. The molecule has 4 nitrogen and oxygen atoms in total. The lowest BCUT2D eigenvalue weighted by Gasteiger charge is -2.25. The molecule has 3 rings (SSSR count). The lowest BCUT2D eigenvalue weighted by Crippen LogP contribution is -2.88. The number of thiazole rings is 1. The number of benzene rings is 2. The molecule has 1 heterocycles. The van der Waals surface area contributed by atoms with Gasteiger partial charge in [0.2, 0.25) is 0 Å². The number of nitrogens with zero attached hydrogens (tertiary/aromatic N) is 2. The second-order valence-electron chi connectivity index (χ2n) is 7.46. The molecule has 0 aliphatic carbocycles. The quantitative estimate of drug-likeness (QED) is 0.654. The first-order valence-corrected chi connectivity index (χ1v) is 10.4. The van der Waals surface area contributed by atoms with Crippen molar-refractivity contribution in [3.8, 4) is 0 Å². The van der Waals surface area contributed by atoms with Crippen molar-refractivity contribution in [2.45, 2.75) is 32.9 Å². The third-order valence-corrected chi connectivity index (χ3v) is 6.37. The topological polar surface area (TPSA) is 49.8 Å². The smallest absolute Gasteiger partial charge is 0.278 e. The van der Waals surface area contributed by atoms with Crippen molar-refractivity contribution in [2.24, 2.45) is 5.92 Å². The summed E-state index contributed by atoms with van der Waals surface area (Å²) in [6, 6.07) is 14.6. The second kappa shape index (κ2) is 8.80. The molecule has 0 aliphatic heterocycles. The number of hydrogen-bond donors (Lipinski definition) is 1. The number of carbonyl (C=O) groups excluding carboxylic acids is 1. The number of likely N-dealkylation sites (N-methyl/N-ethyl adjacent to an activating group) is 1. The first-order valence-electron chi connectivity index (χ1n) is 9.56. The highest BCUT2D eigenvalue weighted by Crippen LogP contribution is 2.28. The van der Waals surface area contributed by atoms with Gasteiger partial charge in [-0.25, -0.2) is 9.37 Å². The Bertz CT molecular complexity index is 905. The van der Waals surface area contributed by atoms with Crippen LogP contribution in [0.5, 0.6) is 0 Å². The number of carbonyl (C=O) groups is 1. The van der Waals surface area contributed by atoms with E-state index < -0.39 is 0 Å². The van der Waals surface area contributed by atoms with Crippen LogP contribution < -0.4 is 5.32 Å². The Morgan fingerprint density at radius 1 is 1.14 bits per heavy atom. The maximum atomic E-state index is 13.2. The van der Waals surface area contributed by atoms with E-state index in [9.17, 15) is 9.18 Å². The van der Waals surface area contributed by atoms with Gasteiger partial charge in [-0.05, 0) is 31.2 Å². The molecular formula is C22H27FN3OS+. The monoisotopic (exact) mass is 400 g/mol. The van der Waals surface area contributed by atoms with Crippen LogP contribution in [0.3, 0.4) is 0 Å². The van der Waals surface area contributed by atoms with Gasteiger partial charge < -0.3 is 10.2 Å². The van der Waals surface area contributed by atoms with Gasteiger partial charge in [-0.3, -0.25) is 4.79 Å². The molecule has 2 aromatic carbocycles. The average Bonchev–Trinajstić information content (AvgIpc) is 3.12. The van der Waals surface area contributed by atoms with Crippen molar-refractivity contribution in [2.75, 3.05) is 13.6 Å². The number of rotatable bonds is 7. The highest BCUT2D eigenvalue weighted by Gasteiger charge is 2.25. The van der Waals surface area contributed by atoms with Gasteiger partial charge in [-0.2, -0.15) is 0 Å². The number of amides is 1. The molecule has 148 valence electrons. The minimum atomic E-state index is -0.244. The highest BCUT2D eigenvalue weighted by atomic mass is 32.1. The van der Waals surface area contributed by atoms with E-state index in [0.29, 0.717) is 12.5 Å². The Balaban J connectivity index is 1.66. The van der Waals surface area contributed by atoms with Gasteiger partial charge in [0, 0.05) is 18.5 Å². The van der Waals surface area contributed by atoms with Gasteiger partial charge in [0.1, 0.15) is 16.9 Å². The summed E-state index contributed by atoms with van der Waals surface area (Å²) in [5.74, 6) is 0.136. The first kappa shape index (κ1) is 20.4. The fourth-order valence-corrected chi connectivity index (χ4v) is 4.36. The predicted octanol–water partition coefficient (Wildman–Crippen LogP) is 3.92. The van der Waals surface area contributed by atoms with Crippen molar-refractivity contribution in [1.29, 1.82) is 0 Å². The van der Waals surface area contributed by atoms with E-state index in [4.69, 9.17) is 0 Å². The molecule has 0 bridgehead atoms. The van der Waals surface area contributed by atoms with Gasteiger partial charge in [0.25, 0.3) is 5.91 Å². The van der Waals surface area contributed by atoms with Gasteiger partial charge in [0.05, 0.1) is 16.3 Å². The third-order valence-electron chi connectivity index (χ3n) is 5.16. The molecule has 0 spiro atoms. The first-order chi connectivity index (χ1) is 13.4. The Morgan fingerprint density at radius 3 is 2.46 bits per heavy atom. The SMILES string of the molecule is CC(C)[C@@H]([NH2+]CC(=O)N(C)[C@@H](C)c1nc2ccccc2s1)c1ccc(F)cc1. The van der Waals surface area contributed by atoms with Crippen LogP contribution >= 0.6 is 11.3 Å². The Kier molecular flexibility index (Phi) is 6.42. The van der Waals surface area contributed by atoms with Crippen molar-refractivity contribution in [3.05, 3.63) is 64.9 Å². The normalized spacial score (nSPS) is 13.6. The zero-order valence-corrected chi connectivity index (χ0v) is 17.5. The van der Waals surface area contributed by atoms with Gasteiger partial charge in [-0.15, -0.1) is 11.3 Å². The number of fused-ring (bicyclic) bond motifs is 1. The lowest BCUT2D eigenvalue weighted by molar-refractivity contribution is -0.692. The molecule has 6 heteroatoms. The summed E-state index contributed by atoms with van der Waals surface area (Å²) >= 11 is 1.63. The summed E-state index contributed by atoms with van der Waals surface area (Å²) in [6.07, 6.45) is 0. The molecule has 0 unspecified atom stereocenters. The zero-order valence-electron chi connectivity index (χ0n) is 16.7. The fourth-order valence-electron chi connectivity index (χ4n) is 3.30. The van der Waals surface area contributed by atoms with Crippen molar-refractivity contribution < 1.29 is 14.5 Å². The molecule has 2 atom stereocenters. The van der Waals surface area contributed by atoms with Crippen LogP contribution in [-0.2, 0) is 4.79 Å². The number of halogens is 1. The van der Waals surface area contributed by atoms with E-state index in [1.54, 1.807) is 28.4 Å². The number of para-hydroxylation sites is 1. The number of aromatic nitrogens is 1. The van der Waals surface area contributed by atoms with Crippen molar-refractivity contribution >= 4 is 27.5 Å². The summed E-state index contributed by atoms with van der Waals surface area (Å²) in [7, 11) is 1.83. The van der Waals surface area contributed by atoms with Crippen molar-refractivity contribution in [3.63, 3.8) is 0 Å². The van der Waals surface area contributed by atoms with E-state index in [1.165, 1.54) is 12.1 Å². The highest BCUT2D eigenvalue weighted by molar-refractivity contribution is 7.18. The summed E-state index contributed by atoms with van der Waals surface area (Å²) in [6.45, 7) is 6.58. The van der Waals surface area contributed by atoms with Crippen LogP contribution in [0.15, 0.2) is 48.5 Å². The number of nitrogens with two attached hydrogens (primary N) is 1. The molecule has 1 aromatic heterocycles.